The average Bonchev–Trinajstić information content (AvgIpc) is 2.25. The van der Waals surface area contributed by atoms with E-state index in [1.807, 2.05) is 0 Å². The number of aryl methyl sites for hydroxylation is 1. The highest BCUT2D eigenvalue weighted by atomic mass is 19.1. The van der Waals surface area contributed by atoms with Crippen LogP contribution in [0.15, 0.2) is 18.2 Å². The van der Waals surface area contributed by atoms with Crippen LogP contribution in [0.3, 0.4) is 0 Å². The lowest BCUT2D eigenvalue weighted by Gasteiger charge is -2.08. The fraction of sp³-hybridized carbons (Fsp3) is 0.333. The molecule has 0 bridgehead atoms. The quantitative estimate of drug-likeness (QED) is 0.704. The van der Waals surface area contributed by atoms with Crippen LogP contribution in [0.2, 0.25) is 0 Å². The van der Waals surface area contributed by atoms with Crippen molar-refractivity contribution in [2.75, 3.05) is 0 Å². The Morgan fingerprint density at radius 3 is 2.59 bits per heavy atom. The van der Waals surface area contributed by atoms with Crippen LogP contribution in [-0.2, 0) is 27.4 Å². The standard InChI is InChI=1S/C12H13FO4/c1-8(14)17-7-10-4-2-3-9(12(10)13)5-6-11(15)16/h2-4H,5-7H2,1H3,(H,15,16)/p-1. The molecule has 0 amide bonds. The van der Waals surface area contributed by atoms with Crippen molar-refractivity contribution in [3.63, 3.8) is 0 Å². The number of hydrogen-bond acceptors (Lipinski definition) is 4. The molecule has 4 nitrogen and oxygen atoms in total. The zero-order chi connectivity index (χ0) is 12.8. The van der Waals surface area contributed by atoms with Gasteiger partial charge in [-0.1, -0.05) is 18.2 Å². The molecule has 0 saturated heterocycles. The molecular weight excluding hydrogens is 227 g/mol. The van der Waals surface area contributed by atoms with Gasteiger partial charge in [0.2, 0.25) is 0 Å². The Morgan fingerprint density at radius 1 is 1.35 bits per heavy atom. The first kappa shape index (κ1) is 13.2. The van der Waals surface area contributed by atoms with Gasteiger partial charge in [-0.15, -0.1) is 0 Å². The normalized spacial score (nSPS) is 10.0. The number of carboxylic acid groups (broad SMARTS) is 1. The van der Waals surface area contributed by atoms with E-state index in [9.17, 15) is 19.1 Å². The number of carbonyl (C=O) groups excluding carboxylic acids is 2. The van der Waals surface area contributed by atoms with E-state index in [-0.39, 0.29) is 30.6 Å². The summed E-state index contributed by atoms with van der Waals surface area (Å²) in [6, 6.07) is 4.57. The van der Waals surface area contributed by atoms with Gasteiger partial charge in [0.25, 0.3) is 0 Å². The van der Waals surface area contributed by atoms with Gasteiger partial charge in [0.15, 0.2) is 0 Å². The summed E-state index contributed by atoms with van der Waals surface area (Å²) in [6.07, 6.45) is -0.185. The van der Waals surface area contributed by atoms with E-state index < -0.39 is 17.8 Å². The van der Waals surface area contributed by atoms with Crippen molar-refractivity contribution >= 4 is 11.9 Å². The molecule has 92 valence electrons. The molecule has 0 heterocycles. The predicted molar refractivity (Wildman–Crippen MR) is 55.2 cm³/mol. The van der Waals surface area contributed by atoms with Gasteiger partial charge in [0.1, 0.15) is 12.4 Å². The fourth-order valence-electron chi connectivity index (χ4n) is 1.35. The van der Waals surface area contributed by atoms with Gasteiger partial charge >= 0.3 is 5.97 Å². The molecule has 1 rings (SSSR count). The third kappa shape index (κ3) is 4.22. The van der Waals surface area contributed by atoms with Crippen molar-refractivity contribution in [1.82, 2.24) is 0 Å². The molecule has 0 aliphatic rings. The summed E-state index contributed by atoms with van der Waals surface area (Å²) in [6.45, 7) is 1.08. The van der Waals surface area contributed by atoms with Crippen molar-refractivity contribution in [2.24, 2.45) is 0 Å². The van der Waals surface area contributed by atoms with Crippen LogP contribution in [-0.4, -0.2) is 11.9 Å². The molecule has 0 atom stereocenters. The zero-order valence-corrected chi connectivity index (χ0v) is 9.36. The van der Waals surface area contributed by atoms with Crippen LogP contribution in [0.5, 0.6) is 0 Å². The lowest BCUT2D eigenvalue weighted by Crippen LogP contribution is -2.22. The lowest BCUT2D eigenvalue weighted by molar-refractivity contribution is -0.305. The second-order valence-corrected chi connectivity index (χ2v) is 3.54. The molecule has 17 heavy (non-hydrogen) atoms. The molecule has 0 aliphatic heterocycles. The molecular formula is C12H12FO4-. The molecule has 5 heteroatoms. The number of rotatable bonds is 5. The predicted octanol–water partition coefficient (Wildman–Crippen LogP) is 0.571. The van der Waals surface area contributed by atoms with Gasteiger partial charge in [0.05, 0.1) is 0 Å². The third-order valence-corrected chi connectivity index (χ3v) is 2.19. The summed E-state index contributed by atoms with van der Waals surface area (Å²) in [7, 11) is 0. The Labute approximate surface area is 98.0 Å². The molecule has 0 N–H and O–H groups in total. The SMILES string of the molecule is CC(=O)OCc1cccc(CCC(=O)[O-])c1F. The molecule has 0 aliphatic carbocycles. The van der Waals surface area contributed by atoms with Gasteiger partial charge in [-0.2, -0.15) is 0 Å². The second kappa shape index (κ2) is 5.98. The maximum absolute atomic E-state index is 13.8. The number of esters is 1. The number of halogens is 1. The first-order valence-electron chi connectivity index (χ1n) is 5.10. The number of hydrogen-bond donors (Lipinski definition) is 0. The Hall–Kier alpha value is -1.91. The molecule has 0 radical (unpaired) electrons. The third-order valence-electron chi connectivity index (χ3n) is 2.19. The maximum Gasteiger partial charge on any atom is 0.302 e. The van der Waals surface area contributed by atoms with Crippen LogP contribution >= 0.6 is 0 Å². The second-order valence-electron chi connectivity index (χ2n) is 3.54. The molecule has 0 unspecified atom stereocenters. The largest absolute Gasteiger partial charge is 0.550 e. The zero-order valence-electron chi connectivity index (χ0n) is 9.36. The van der Waals surface area contributed by atoms with E-state index >= 15 is 0 Å². The molecule has 0 fully saturated rings. The van der Waals surface area contributed by atoms with Crippen molar-refractivity contribution in [2.45, 2.75) is 26.4 Å². The summed E-state index contributed by atoms with van der Waals surface area (Å²) in [5.41, 5.74) is 0.509. The van der Waals surface area contributed by atoms with E-state index in [0.717, 1.165) is 0 Å². The van der Waals surface area contributed by atoms with E-state index in [1.165, 1.54) is 19.1 Å². The van der Waals surface area contributed by atoms with Gasteiger partial charge in [0, 0.05) is 18.5 Å². The minimum Gasteiger partial charge on any atom is -0.550 e. The van der Waals surface area contributed by atoms with Crippen molar-refractivity contribution in [3.05, 3.63) is 35.1 Å². The van der Waals surface area contributed by atoms with Crippen molar-refractivity contribution in [3.8, 4) is 0 Å². The van der Waals surface area contributed by atoms with Crippen LogP contribution in [0.4, 0.5) is 4.39 Å². The van der Waals surface area contributed by atoms with Crippen LogP contribution in [0.25, 0.3) is 0 Å². The van der Waals surface area contributed by atoms with E-state index in [0.29, 0.717) is 0 Å². The van der Waals surface area contributed by atoms with Gasteiger partial charge in [-0.3, -0.25) is 4.79 Å². The summed E-state index contributed by atoms with van der Waals surface area (Å²) in [5, 5.41) is 10.3. The lowest BCUT2D eigenvalue weighted by atomic mass is 10.1. The molecule has 1 aromatic carbocycles. The Morgan fingerprint density at radius 2 is 2.00 bits per heavy atom. The summed E-state index contributed by atoms with van der Waals surface area (Å²) >= 11 is 0. The minimum atomic E-state index is -1.23. The molecule has 0 aromatic heterocycles. The van der Waals surface area contributed by atoms with Crippen molar-refractivity contribution < 1.29 is 23.8 Å². The Kier molecular flexibility index (Phi) is 4.63. The number of carbonyl (C=O) groups is 2. The van der Waals surface area contributed by atoms with E-state index in [4.69, 9.17) is 0 Å². The van der Waals surface area contributed by atoms with Gasteiger partial charge in [-0.25, -0.2) is 4.39 Å². The smallest absolute Gasteiger partial charge is 0.302 e. The van der Waals surface area contributed by atoms with Crippen LogP contribution in [0.1, 0.15) is 24.5 Å². The maximum atomic E-state index is 13.8. The van der Waals surface area contributed by atoms with E-state index in [1.54, 1.807) is 6.07 Å². The molecule has 0 saturated carbocycles. The highest BCUT2D eigenvalue weighted by molar-refractivity contribution is 5.66. The number of benzene rings is 1. The summed E-state index contributed by atoms with van der Waals surface area (Å²) in [5.74, 6) is -2.26. The number of carboxylic acids is 1. The fourth-order valence-corrected chi connectivity index (χ4v) is 1.35. The van der Waals surface area contributed by atoms with Gasteiger partial charge < -0.3 is 14.6 Å². The summed E-state index contributed by atoms with van der Waals surface area (Å²) < 4.78 is 18.5. The van der Waals surface area contributed by atoms with E-state index in [2.05, 4.69) is 4.74 Å². The van der Waals surface area contributed by atoms with Crippen molar-refractivity contribution in [1.29, 1.82) is 0 Å². The monoisotopic (exact) mass is 239 g/mol. The van der Waals surface area contributed by atoms with Crippen LogP contribution in [0, 0.1) is 5.82 Å². The number of ether oxygens (including phenoxy) is 1. The first-order chi connectivity index (χ1) is 8.00. The van der Waals surface area contributed by atoms with Crippen LogP contribution < -0.4 is 5.11 Å². The Balaban J connectivity index is 2.76. The highest BCUT2D eigenvalue weighted by Crippen LogP contribution is 2.15. The summed E-state index contributed by atoms with van der Waals surface area (Å²) in [4.78, 5) is 20.9. The van der Waals surface area contributed by atoms with Gasteiger partial charge in [-0.05, 0) is 18.4 Å². The first-order valence-corrected chi connectivity index (χ1v) is 5.10. The number of aliphatic carboxylic acids is 1. The molecule has 0 spiro atoms. The average molecular weight is 239 g/mol. The topological polar surface area (TPSA) is 66.4 Å². The minimum absolute atomic E-state index is 0.0576. The highest BCUT2D eigenvalue weighted by Gasteiger charge is 2.08. The molecule has 1 aromatic rings. The Bertz CT molecular complexity index is 392.